The molecule has 0 N–H and O–H groups in total. The van der Waals surface area contributed by atoms with Crippen LogP contribution in [0.15, 0.2) is 24.8 Å². The first-order valence-corrected chi connectivity index (χ1v) is 5.80. The third kappa shape index (κ3) is 1.58. The molecule has 13 heavy (non-hydrogen) atoms. The van der Waals surface area contributed by atoms with Gasteiger partial charge in [0, 0.05) is 5.33 Å². The van der Waals surface area contributed by atoms with E-state index >= 15 is 0 Å². The molecule has 0 radical (unpaired) electrons. The van der Waals surface area contributed by atoms with Crippen molar-refractivity contribution in [3.05, 3.63) is 41.5 Å². The van der Waals surface area contributed by atoms with E-state index < -0.39 is 0 Å². The lowest BCUT2D eigenvalue weighted by Gasteiger charge is -2.08. The number of hydrogen-bond donors (Lipinski definition) is 0. The van der Waals surface area contributed by atoms with E-state index in [0.29, 0.717) is 0 Å². The van der Waals surface area contributed by atoms with Crippen molar-refractivity contribution in [1.29, 1.82) is 0 Å². The Bertz CT molecular complexity index is 339. The summed E-state index contributed by atoms with van der Waals surface area (Å²) in [6.07, 6.45) is 3.79. The minimum Gasteiger partial charge on any atom is -0.0944 e. The van der Waals surface area contributed by atoms with Crippen LogP contribution in [0, 0.1) is 0 Å². The molecule has 0 spiro atoms. The molecule has 68 valence electrons. The van der Waals surface area contributed by atoms with Crippen LogP contribution in [0.4, 0.5) is 0 Å². The summed E-state index contributed by atoms with van der Waals surface area (Å²) in [6.45, 7) is 4.07. The van der Waals surface area contributed by atoms with Crippen LogP contribution in [0.3, 0.4) is 0 Å². The van der Waals surface area contributed by atoms with Crippen LogP contribution in [-0.2, 0) is 12.8 Å². The molecule has 0 fully saturated rings. The molecule has 0 heterocycles. The average Bonchev–Trinajstić information content (AvgIpc) is 2.63. The van der Waals surface area contributed by atoms with Gasteiger partial charge in [0.2, 0.25) is 0 Å². The Morgan fingerprint density at radius 1 is 1.38 bits per heavy atom. The summed E-state index contributed by atoms with van der Waals surface area (Å²) in [5.74, 6) is 0. The van der Waals surface area contributed by atoms with Gasteiger partial charge in [-0.25, -0.2) is 0 Å². The highest BCUT2D eigenvalue weighted by Crippen LogP contribution is 2.29. The van der Waals surface area contributed by atoms with Crippen molar-refractivity contribution >= 4 is 21.5 Å². The first kappa shape index (κ1) is 9.01. The summed E-state index contributed by atoms with van der Waals surface area (Å²) in [7, 11) is 0. The van der Waals surface area contributed by atoms with Crippen LogP contribution in [0.1, 0.15) is 23.1 Å². The second-order valence-corrected chi connectivity index (χ2v) is 4.09. The largest absolute Gasteiger partial charge is 0.0944 e. The first-order valence-electron chi connectivity index (χ1n) is 4.68. The van der Waals surface area contributed by atoms with Gasteiger partial charge < -0.3 is 0 Å². The van der Waals surface area contributed by atoms with Crippen LogP contribution in [0.25, 0.3) is 5.57 Å². The predicted molar refractivity (Wildman–Crippen MR) is 61.3 cm³/mol. The molecule has 0 atom stereocenters. The molecule has 0 nitrogen and oxygen atoms in total. The van der Waals surface area contributed by atoms with Gasteiger partial charge in [0.15, 0.2) is 0 Å². The van der Waals surface area contributed by atoms with E-state index in [0.717, 1.165) is 5.33 Å². The Labute approximate surface area is 87.8 Å². The van der Waals surface area contributed by atoms with E-state index in [1.165, 1.54) is 41.5 Å². The predicted octanol–water partition coefficient (Wildman–Crippen LogP) is 3.58. The van der Waals surface area contributed by atoms with E-state index in [9.17, 15) is 0 Å². The van der Waals surface area contributed by atoms with Gasteiger partial charge in [0.05, 0.1) is 0 Å². The van der Waals surface area contributed by atoms with Gasteiger partial charge in [-0.1, -0.05) is 40.7 Å². The lowest BCUT2D eigenvalue weighted by molar-refractivity contribution is 0.911. The first-order chi connectivity index (χ1) is 6.33. The third-order valence-electron chi connectivity index (χ3n) is 2.69. The van der Waals surface area contributed by atoms with Gasteiger partial charge in [0.25, 0.3) is 0 Å². The quantitative estimate of drug-likeness (QED) is 0.689. The topological polar surface area (TPSA) is 0 Å². The fourth-order valence-electron chi connectivity index (χ4n) is 2.02. The molecule has 0 saturated heterocycles. The Morgan fingerprint density at radius 2 is 2.23 bits per heavy atom. The molecule has 0 aromatic heterocycles. The lowest BCUT2D eigenvalue weighted by atomic mass is 9.99. The summed E-state index contributed by atoms with van der Waals surface area (Å²) in [4.78, 5) is 0. The maximum absolute atomic E-state index is 4.07. The monoisotopic (exact) mass is 236 g/mol. The zero-order chi connectivity index (χ0) is 9.26. The fourth-order valence-corrected chi connectivity index (χ4v) is 2.32. The van der Waals surface area contributed by atoms with Gasteiger partial charge in [-0.3, -0.25) is 0 Å². The van der Waals surface area contributed by atoms with Crippen LogP contribution < -0.4 is 0 Å². The number of halogens is 1. The maximum atomic E-state index is 4.07. The van der Waals surface area contributed by atoms with E-state index in [1.54, 1.807) is 0 Å². The molecule has 1 aliphatic carbocycles. The molecule has 1 aromatic rings. The van der Waals surface area contributed by atoms with Gasteiger partial charge in [0.1, 0.15) is 0 Å². The van der Waals surface area contributed by atoms with Crippen LogP contribution in [0.5, 0.6) is 0 Å². The van der Waals surface area contributed by atoms with Gasteiger partial charge in [-0.05, 0) is 41.5 Å². The van der Waals surface area contributed by atoms with Gasteiger partial charge >= 0.3 is 0 Å². The van der Waals surface area contributed by atoms with Crippen molar-refractivity contribution in [2.75, 3.05) is 5.33 Å². The molecule has 0 aliphatic heterocycles. The highest BCUT2D eigenvalue weighted by Gasteiger charge is 2.14. The number of allylic oxidation sites excluding steroid dienone is 1. The molecule has 2 rings (SSSR count). The summed E-state index contributed by atoms with van der Waals surface area (Å²) in [5, 5.41) is 0.878. The third-order valence-corrected chi connectivity index (χ3v) is 3.37. The van der Waals surface area contributed by atoms with Crippen LogP contribution in [0.2, 0.25) is 0 Å². The molecular formula is C12H13Br. The number of hydrogen-bond acceptors (Lipinski definition) is 0. The molecule has 0 amide bonds. The summed E-state index contributed by atoms with van der Waals surface area (Å²) in [6, 6.07) is 6.58. The van der Waals surface area contributed by atoms with Crippen molar-refractivity contribution in [1.82, 2.24) is 0 Å². The molecule has 0 bridgehead atoms. The fraction of sp³-hybridized carbons (Fsp3) is 0.333. The summed E-state index contributed by atoms with van der Waals surface area (Å²) >= 11 is 3.46. The van der Waals surface area contributed by atoms with E-state index in [-0.39, 0.29) is 0 Å². The van der Waals surface area contributed by atoms with Gasteiger partial charge in [-0.15, -0.1) is 0 Å². The van der Waals surface area contributed by atoms with Crippen molar-refractivity contribution in [2.45, 2.75) is 19.3 Å². The average molecular weight is 237 g/mol. The number of benzene rings is 1. The molecule has 1 aromatic carbocycles. The SMILES string of the molecule is C=C(CBr)c1cccc2c1CCC2. The van der Waals surface area contributed by atoms with Crippen molar-refractivity contribution in [3.8, 4) is 0 Å². The minimum absolute atomic E-state index is 0.878. The minimum atomic E-state index is 0.878. The highest BCUT2D eigenvalue weighted by atomic mass is 79.9. The zero-order valence-corrected chi connectivity index (χ0v) is 9.23. The van der Waals surface area contributed by atoms with Crippen LogP contribution in [-0.4, -0.2) is 5.33 Å². The molecular weight excluding hydrogens is 224 g/mol. The van der Waals surface area contributed by atoms with Crippen molar-refractivity contribution in [3.63, 3.8) is 0 Å². The molecule has 0 saturated carbocycles. The maximum Gasteiger partial charge on any atom is 0.0283 e. The zero-order valence-electron chi connectivity index (χ0n) is 7.65. The smallest absolute Gasteiger partial charge is 0.0283 e. The normalized spacial score (nSPS) is 14.2. The number of alkyl halides is 1. The summed E-state index contributed by atoms with van der Waals surface area (Å²) < 4.78 is 0. The van der Waals surface area contributed by atoms with Crippen molar-refractivity contribution in [2.24, 2.45) is 0 Å². The summed E-state index contributed by atoms with van der Waals surface area (Å²) in [5.41, 5.74) is 5.64. The van der Waals surface area contributed by atoms with Crippen LogP contribution >= 0.6 is 15.9 Å². The second kappa shape index (κ2) is 3.67. The Morgan fingerprint density at radius 3 is 3.00 bits per heavy atom. The Kier molecular flexibility index (Phi) is 2.54. The number of fused-ring (bicyclic) bond motifs is 1. The molecule has 1 heteroatoms. The Balaban J connectivity index is 2.47. The van der Waals surface area contributed by atoms with E-state index in [2.05, 4.69) is 40.7 Å². The molecule has 1 aliphatic rings. The number of rotatable bonds is 2. The van der Waals surface area contributed by atoms with E-state index in [4.69, 9.17) is 0 Å². The second-order valence-electron chi connectivity index (χ2n) is 3.53. The van der Waals surface area contributed by atoms with E-state index in [1.807, 2.05) is 0 Å². The Hall–Kier alpha value is -0.560. The standard InChI is InChI=1S/C12H13Br/c1-9(8-13)11-6-2-4-10-5-3-7-12(10)11/h2,4,6H,1,3,5,7-8H2. The lowest BCUT2D eigenvalue weighted by Crippen LogP contribution is -1.92. The van der Waals surface area contributed by atoms with Gasteiger partial charge in [-0.2, -0.15) is 0 Å². The molecule has 0 unspecified atom stereocenters. The highest BCUT2D eigenvalue weighted by molar-refractivity contribution is 9.09. The number of aryl methyl sites for hydroxylation is 1. The van der Waals surface area contributed by atoms with Crippen molar-refractivity contribution < 1.29 is 0 Å².